The van der Waals surface area contributed by atoms with Crippen molar-refractivity contribution in [1.82, 2.24) is 4.90 Å². The number of carbonyl (C=O) groups excluding carboxylic acids is 5. The maximum Gasteiger partial charge on any atom is 0.329 e. The van der Waals surface area contributed by atoms with E-state index >= 15 is 0 Å². The van der Waals surface area contributed by atoms with E-state index in [2.05, 4.69) is 0 Å². The SMILES string of the molecule is CO[C@H]1C[C@@H]2CC[C@@H](C)[C@@](O)(O2)C(=O)C(=O)N2CCCC[C@H]2C(=O)O[C@H]([C@H](C)C[C@@H]2CC[C@@H](OCCO)[C@H](O)C2)CC(=O)[C@H](C)/C=C(/C)[C@@H](O)[C@@H](OC)C(=O)[C@H](C)C[C@H](C)/C=C/C=CC=C1C. The molecule has 1 saturated carbocycles. The predicted octanol–water partition coefficient (Wildman–Crippen LogP) is 5.54. The molecule has 0 aromatic carbocycles. The van der Waals surface area contributed by atoms with Crippen LogP contribution in [0.15, 0.2) is 47.6 Å². The Morgan fingerprint density at radius 2 is 1.61 bits per heavy atom. The maximum atomic E-state index is 14.4. The largest absolute Gasteiger partial charge is 0.460 e. The van der Waals surface area contributed by atoms with E-state index in [1.807, 2.05) is 51.2 Å². The van der Waals surface area contributed by atoms with Crippen molar-refractivity contribution in [3.63, 3.8) is 0 Å². The van der Waals surface area contributed by atoms with Crippen LogP contribution in [0, 0.1) is 35.5 Å². The number of ketones is 3. The standard InChI is InChI=1S/C52H81NO14/c1-31-15-11-10-12-16-32(2)44(63-8)29-39-20-18-37(7)52(62,67-39)49(59)50(60)53-22-14-13-17-40(53)51(61)66-45(34(4)27-38-19-21-43(42(56)28-38)65-24-23-54)30-41(55)33(3)26-36(6)47(58)48(64-9)46(57)35(5)25-31/h10-12,15-16,26,31,33-35,37-40,42-45,47-48,54,56,58,62H,13-14,17-25,27-30H2,1-9H3/b12-10?,15-11+,32-16?,36-26-/t31-,33-,34-,35-,37-,38+,39+,40+,42-,43-,44+,45+,47-,48+,52-/m1/s1. The topological polar surface area (TPSA) is 216 Å². The van der Waals surface area contributed by atoms with Crippen LogP contribution in [0.1, 0.15) is 126 Å². The van der Waals surface area contributed by atoms with Crippen LogP contribution in [0.25, 0.3) is 0 Å². The lowest BCUT2D eigenvalue weighted by Crippen LogP contribution is -2.61. The van der Waals surface area contributed by atoms with Crippen molar-refractivity contribution in [2.45, 2.75) is 180 Å². The van der Waals surface area contributed by atoms with Crippen molar-refractivity contribution in [3.8, 4) is 0 Å². The molecule has 3 aliphatic heterocycles. The summed E-state index contributed by atoms with van der Waals surface area (Å²) in [6.07, 6.45) is 10.4. The number of rotatable bonds is 8. The molecule has 2 bridgehead atoms. The van der Waals surface area contributed by atoms with Crippen LogP contribution in [-0.4, -0.2) is 143 Å². The highest BCUT2D eigenvalue weighted by molar-refractivity contribution is 6.39. The van der Waals surface area contributed by atoms with E-state index < -0.39 is 95.9 Å². The van der Waals surface area contributed by atoms with Crippen LogP contribution in [0.2, 0.25) is 0 Å². The van der Waals surface area contributed by atoms with Gasteiger partial charge in [0.25, 0.3) is 11.7 Å². The zero-order valence-electron chi connectivity index (χ0n) is 41.5. The Balaban J connectivity index is 1.69. The molecule has 0 aromatic rings. The fourth-order valence-electron chi connectivity index (χ4n) is 10.3. The first-order valence-electron chi connectivity index (χ1n) is 24.6. The zero-order valence-corrected chi connectivity index (χ0v) is 41.5. The third kappa shape index (κ3) is 15.3. The molecule has 3 fully saturated rings. The molecule has 0 aromatic heterocycles. The number of ether oxygens (including phenoxy) is 5. The van der Waals surface area contributed by atoms with Gasteiger partial charge in [-0.2, -0.15) is 0 Å². The van der Waals surface area contributed by atoms with Crippen LogP contribution in [-0.2, 0) is 47.7 Å². The van der Waals surface area contributed by atoms with Gasteiger partial charge in [0.1, 0.15) is 30.1 Å². The second kappa shape index (κ2) is 26.5. The van der Waals surface area contributed by atoms with Crippen molar-refractivity contribution < 1.29 is 68.1 Å². The van der Waals surface area contributed by atoms with Gasteiger partial charge in [0.2, 0.25) is 5.79 Å². The van der Waals surface area contributed by atoms with Gasteiger partial charge in [-0.15, -0.1) is 0 Å². The molecular weight excluding hydrogens is 863 g/mol. The highest BCUT2D eigenvalue weighted by Gasteiger charge is 2.53. The lowest BCUT2D eigenvalue weighted by Gasteiger charge is -2.42. The van der Waals surface area contributed by atoms with Gasteiger partial charge in [0.15, 0.2) is 5.78 Å². The molecule has 0 unspecified atom stereocenters. The number of amides is 1. The molecule has 67 heavy (non-hydrogen) atoms. The zero-order chi connectivity index (χ0) is 49.6. The van der Waals surface area contributed by atoms with Crippen LogP contribution < -0.4 is 0 Å². The number of methoxy groups -OCH3 is 2. The molecule has 1 aliphatic carbocycles. The first-order chi connectivity index (χ1) is 31.7. The molecule has 4 aliphatic rings. The fourth-order valence-corrected chi connectivity index (χ4v) is 10.3. The summed E-state index contributed by atoms with van der Waals surface area (Å²) >= 11 is 0. The molecule has 0 radical (unpaired) electrons. The Hall–Kier alpha value is -3.41. The Morgan fingerprint density at radius 1 is 0.881 bits per heavy atom. The molecule has 15 atom stereocenters. The van der Waals surface area contributed by atoms with E-state index in [1.54, 1.807) is 40.9 Å². The molecular formula is C52H81NO14. The summed E-state index contributed by atoms with van der Waals surface area (Å²) in [7, 11) is 2.94. The van der Waals surface area contributed by atoms with Gasteiger partial charge in [0.05, 0.1) is 37.6 Å². The number of cyclic esters (lactones) is 1. The van der Waals surface area contributed by atoms with Crippen LogP contribution in [0.4, 0.5) is 0 Å². The van der Waals surface area contributed by atoms with Gasteiger partial charge < -0.3 is 49.0 Å². The smallest absolute Gasteiger partial charge is 0.329 e. The van der Waals surface area contributed by atoms with Crippen molar-refractivity contribution in [2.24, 2.45) is 35.5 Å². The molecule has 378 valence electrons. The van der Waals surface area contributed by atoms with Crippen molar-refractivity contribution in [2.75, 3.05) is 34.0 Å². The third-order valence-corrected chi connectivity index (χ3v) is 14.6. The lowest BCUT2D eigenvalue weighted by atomic mass is 9.78. The summed E-state index contributed by atoms with van der Waals surface area (Å²) in [5.74, 6) is -8.29. The average Bonchev–Trinajstić information content (AvgIpc) is 3.30. The molecule has 1 amide bonds. The molecule has 4 rings (SSSR count). The average molecular weight is 944 g/mol. The highest BCUT2D eigenvalue weighted by atomic mass is 16.6. The highest BCUT2D eigenvalue weighted by Crippen LogP contribution is 2.38. The minimum absolute atomic E-state index is 0.00499. The fraction of sp³-hybridized carbons (Fsp3) is 0.750. The predicted molar refractivity (Wildman–Crippen MR) is 251 cm³/mol. The third-order valence-electron chi connectivity index (χ3n) is 14.6. The molecule has 4 N–H and O–H groups in total. The number of carbonyl (C=O) groups is 5. The quantitative estimate of drug-likeness (QED) is 0.134. The molecule has 15 nitrogen and oxygen atoms in total. The normalized spacial score (nSPS) is 38.3. The minimum Gasteiger partial charge on any atom is -0.460 e. The maximum absolute atomic E-state index is 14.4. The summed E-state index contributed by atoms with van der Waals surface area (Å²) in [4.78, 5) is 71.9. The summed E-state index contributed by atoms with van der Waals surface area (Å²) in [6.45, 7) is 12.6. The van der Waals surface area contributed by atoms with Crippen molar-refractivity contribution in [3.05, 3.63) is 47.6 Å². The summed E-state index contributed by atoms with van der Waals surface area (Å²) in [5, 5.41) is 43.5. The summed E-state index contributed by atoms with van der Waals surface area (Å²) in [6, 6.07) is -1.16. The van der Waals surface area contributed by atoms with Gasteiger partial charge in [-0.25, -0.2) is 4.79 Å². The van der Waals surface area contributed by atoms with E-state index in [0.29, 0.717) is 69.8 Å². The van der Waals surface area contributed by atoms with E-state index in [0.717, 1.165) is 5.57 Å². The first-order valence-corrected chi connectivity index (χ1v) is 24.6. The van der Waals surface area contributed by atoms with E-state index in [-0.39, 0.29) is 56.0 Å². The number of Topliss-reactive ketones (excluding diaryl/α,β-unsaturated/α-hetero) is 3. The van der Waals surface area contributed by atoms with Gasteiger partial charge >= 0.3 is 5.97 Å². The number of hydrogen-bond donors (Lipinski definition) is 4. The monoisotopic (exact) mass is 944 g/mol. The number of nitrogens with zero attached hydrogens (tertiary/aromatic N) is 1. The lowest BCUT2D eigenvalue weighted by molar-refractivity contribution is -0.265. The van der Waals surface area contributed by atoms with E-state index in [1.165, 1.54) is 12.0 Å². The number of aliphatic hydroxyl groups is 4. The van der Waals surface area contributed by atoms with E-state index in [4.69, 9.17) is 23.7 Å². The van der Waals surface area contributed by atoms with E-state index in [9.17, 15) is 44.4 Å². The van der Waals surface area contributed by atoms with Crippen molar-refractivity contribution >= 4 is 29.2 Å². The second-order valence-electron chi connectivity index (χ2n) is 19.9. The van der Waals surface area contributed by atoms with Crippen molar-refractivity contribution in [1.29, 1.82) is 0 Å². The first kappa shape index (κ1) is 56.2. The Labute approximate surface area is 398 Å². The number of esters is 1. The van der Waals surface area contributed by atoms with Gasteiger partial charge in [-0.05, 0) is 107 Å². The number of piperidine rings is 1. The van der Waals surface area contributed by atoms with Gasteiger partial charge in [-0.1, -0.05) is 71.1 Å². The Bertz CT molecular complexity index is 1790. The van der Waals surface area contributed by atoms with Crippen LogP contribution in [0.5, 0.6) is 0 Å². The number of aliphatic hydroxyl groups excluding tert-OH is 3. The van der Waals surface area contributed by atoms with Crippen LogP contribution >= 0.6 is 0 Å². The molecule has 3 heterocycles. The number of hydrogen-bond acceptors (Lipinski definition) is 14. The summed E-state index contributed by atoms with van der Waals surface area (Å²) < 4.78 is 29.4. The molecule has 0 spiro atoms. The Morgan fingerprint density at radius 3 is 2.28 bits per heavy atom. The number of allylic oxidation sites excluding steroid dienone is 6. The van der Waals surface area contributed by atoms with Gasteiger partial charge in [0, 0.05) is 51.4 Å². The molecule has 2 saturated heterocycles. The minimum atomic E-state index is -2.44. The Kier molecular flexibility index (Phi) is 22.3. The van der Waals surface area contributed by atoms with Crippen LogP contribution in [0.3, 0.4) is 0 Å². The van der Waals surface area contributed by atoms with Gasteiger partial charge in [-0.3, -0.25) is 19.2 Å². The number of fused-ring (bicyclic) bond motifs is 3. The summed E-state index contributed by atoms with van der Waals surface area (Å²) in [5.41, 5.74) is 1.24. The second-order valence-corrected chi connectivity index (χ2v) is 19.9. The molecule has 15 heteroatoms.